The molecular weight excluding hydrogens is 205 g/mol. The summed E-state index contributed by atoms with van der Waals surface area (Å²) in [5.74, 6) is 0.585. The van der Waals surface area contributed by atoms with Gasteiger partial charge in [0.2, 0.25) is 0 Å². The Morgan fingerprint density at radius 2 is 1.73 bits per heavy atom. The van der Waals surface area contributed by atoms with Crippen molar-refractivity contribution in [3.63, 3.8) is 0 Å². The summed E-state index contributed by atoms with van der Waals surface area (Å²) in [6, 6.07) is 6.12. The van der Waals surface area contributed by atoms with Crippen LogP contribution in [0.25, 0.3) is 0 Å². The summed E-state index contributed by atoms with van der Waals surface area (Å²) < 4.78 is 39.3. The second-order valence-electron chi connectivity index (χ2n) is 3.84. The molecule has 0 bridgehead atoms. The largest absolute Gasteiger partial charge is 0.573 e. The number of ether oxygens (including phenoxy) is 1. The van der Waals surface area contributed by atoms with Crippen molar-refractivity contribution in [1.82, 2.24) is 0 Å². The zero-order chi connectivity index (χ0) is 10.9. The predicted molar refractivity (Wildman–Crippen MR) is 49.6 cm³/mol. The van der Waals surface area contributed by atoms with Crippen LogP contribution in [0.1, 0.15) is 18.4 Å². The van der Waals surface area contributed by atoms with E-state index in [-0.39, 0.29) is 5.75 Å². The molecule has 0 aromatic heterocycles. The molecule has 82 valence electrons. The molecule has 15 heavy (non-hydrogen) atoms. The highest BCUT2D eigenvalue weighted by molar-refractivity contribution is 5.28. The van der Waals surface area contributed by atoms with Crippen molar-refractivity contribution in [3.8, 4) is 5.75 Å². The molecule has 2 rings (SSSR count). The maximum Gasteiger partial charge on any atom is 0.573 e. The molecule has 1 saturated carbocycles. The molecule has 0 radical (unpaired) electrons. The third kappa shape index (κ3) is 3.46. The first-order valence-corrected chi connectivity index (χ1v) is 4.87. The Morgan fingerprint density at radius 1 is 1.13 bits per heavy atom. The van der Waals surface area contributed by atoms with Gasteiger partial charge in [-0.1, -0.05) is 12.1 Å². The molecule has 0 heterocycles. The van der Waals surface area contributed by atoms with Gasteiger partial charge in [0.25, 0.3) is 0 Å². The first kappa shape index (κ1) is 10.3. The molecule has 1 aliphatic carbocycles. The van der Waals surface area contributed by atoms with Gasteiger partial charge in [-0.3, -0.25) is 0 Å². The van der Waals surface area contributed by atoms with Gasteiger partial charge in [-0.2, -0.15) is 0 Å². The topological polar surface area (TPSA) is 9.23 Å². The SMILES string of the molecule is FC(F)(F)Oc1ccc(CC2CC2)cc1. The van der Waals surface area contributed by atoms with Crippen LogP contribution >= 0.6 is 0 Å². The van der Waals surface area contributed by atoms with Crippen LogP contribution in [-0.2, 0) is 6.42 Å². The quantitative estimate of drug-likeness (QED) is 0.750. The monoisotopic (exact) mass is 216 g/mol. The van der Waals surface area contributed by atoms with Crippen LogP contribution in [-0.4, -0.2) is 6.36 Å². The lowest BCUT2D eigenvalue weighted by atomic mass is 10.1. The Hall–Kier alpha value is -1.19. The Labute approximate surface area is 85.9 Å². The van der Waals surface area contributed by atoms with Gasteiger partial charge in [-0.05, 0) is 42.9 Å². The van der Waals surface area contributed by atoms with Gasteiger partial charge in [0, 0.05) is 0 Å². The van der Waals surface area contributed by atoms with Gasteiger partial charge in [0.05, 0.1) is 0 Å². The fraction of sp³-hybridized carbons (Fsp3) is 0.455. The first-order valence-electron chi connectivity index (χ1n) is 4.87. The average Bonchev–Trinajstić information content (AvgIpc) is 2.90. The van der Waals surface area contributed by atoms with E-state index in [0.717, 1.165) is 17.9 Å². The van der Waals surface area contributed by atoms with Crippen molar-refractivity contribution >= 4 is 0 Å². The zero-order valence-electron chi connectivity index (χ0n) is 8.05. The lowest BCUT2D eigenvalue weighted by Crippen LogP contribution is -2.17. The summed E-state index contributed by atoms with van der Waals surface area (Å²) in [7, 11) is 0. The number of hydrogen-bond acceptors (Lipinski definition) is 1. The van der Waals surface area contributed by atoms with E-state index >= 15 is 0 Å². The van der Waals surface area contributed by atoms with E-state index in [4.69, 9.17) is 0 Å². The van der Waals surface area contributed by atoms with Crippen LogP contribution < -0.4 is 4.74 Å². The maximum atomic E-state index is 11.8. The molecule has 1 nitrogen and oxygen atoms in total. The smallest absolute Gasteiger partial charge is 0.406 e. The minimum Gasteiger partial charge on any atom is -0.406 e. The molecule has 0 amide bonds. The van der Waals surface area contributed by atoms with Gasteiger partial charge in [0.15, 0.2) is 0 Å². The zero-order valence-corrected chi connectivity index (χ0v) is 8.05. The van der Waals surface area contributed by atoms with Crippen LogP contribution in [0.4, 0.5) is 13.2 Å². The fourth-order valence-electron chi connectivity index (χ4n) is 1.48. The standard InChI is InChI=1S/C11H11F3O/c12-11(13,14)15-10-5-3-9(4-6-10)7-8-1-2-8/h3-6,8H,1-2,7H2. The van der Waals surface area contributed by atoms with Crippen molar-refractivity contribution in [2.24, 2.45) is 5.92 Å². The molecule has 1 aromatic rings. The molecule has 1 fully saturated rings. The van der Waals surface area contributed by atoms with E-state index in [1.807, 2.05) is 0 Å². The van der Waals surface area contributed by atoms with Gasteiger partial charge in [-0.15, -0.1) is 13.2 Å². The molecule has 0 unspecified atom stereocenters. The number of rotatable bonds is 3. The maximum absolute atomic E-state index is 11.8. The van der Waals surface area contributed by atoms with Gasteiger partial charge in [0.1, 0.15) is 5.75 Å². The van der Waals surface area contributed by atoms with Crippen LogP contribution in [0.2, 0.25) is 0 Å². The summed E-state index contributed by atoms with van der Waals surface area (Å²) in [4.78, 5) is 0. The molecule has 0 atom stereocenters. The highest BCUT2D eigenvalue weighted by Gasteiger charge is 2.31. The molecule has 0 saturated heterocycles. The first-order chi connectivity index (χ1) is 7.03. The summed E-state index contributed by atoms with van der Waals surface area (Å²) in [5, 5.41) is 0. The number of hydrogen-bond donors (Lipinski definition) is 0. The van der Waals surface area contributed by atoms with Crippen molar-refractivity contribution in [1.29, 1.82) is 0 Å². The Balaban J connectivity index is 1.96. The normalized spacial score (nSPS) is 16.5. The van der Waals surface area contributed by atoms with E-state index in [1.165, 1.54) is 25.0 Å². The van der Waals surface area contributed by atoms with Crippen molar-refractivity contribution < 1.29 is 17.9 Å². The van der Waals surface area contributed by atoms with Crippen LogP contribution in [0.15, 0.2) is 24.3 Å². The third-order valence-corrected chi connectivity index (χ3v) is 2.38. The van der Waals surface area contributed by atoms with Crippen LogP contribution in [0.5, 0.6) is 5.75 Å². The van der Waals surface area contributed by atoms with Crippen molar-refractivity contribution in [2.45, 2.75) is 25.6 Å². The molecule has 1 aliphatic rings. The van der Waals surface area contributed by atoms with E-state index in [2.05, 4.69) is 4.74 Å². The van der Waals surface area contributed by atoms with Crippen LogP contribution in [0.3, 0.4) is 0 Å². The summed E-state index contributed by atoms with van der Waals surface area (Å²) in [6.07, 6.45) is -1.16. The van der Waals surface area contributed by atoms with E-state index in [0.29, 0.717) is 0 Å². The summed E-state index contributed by atoms with van der Waals surface area (Å²) in [6.45, 7) is 0. The molecular formula is C11H11F3O. The Bertz CT molecular complexity index is 325. The number of halogens is 3. The Kier molecular flexibility index (Phi) is 2.59. The lowest BCUT2D eigenvalue weighted by Gasteiger charge is -2.09. The lowest BCUT2D eigenvalue weighted by molar-refractivity contribution is -0.274. The summed E-state index contributed by atoms with van der Waals surface area (Å²) >= 11 is 0. The third-order valence-electron chi connectivity index (χ3n) is 2.38. The van der Waals surface area contributed by atoms with Crippen LogP contribution in [0, 0.1) is 5.92 Å². The Morgan fingerprint density at radius 3 is 2.20 bits per heavy atom. The minimum atomic E-state index is -4.60. The second kappa shape index (κ2) is 3.76. The van der Waals surface area contributed by atoms with E-state index in [9.17, 15) is 13.2 Å². The molecule has 0 N–H and O–H groups in total. The van der Waals surface area contributed by atoms with Gasteiger partial charge in [-0.25, -0.2) is 0 Å². The second-order valence-corrected chi connectivity index (χ2v) is 3.84. The highest BCUT2D eigenvalue weighted by Crippen LogP contribution is 2.33. The average molecular weight is 216 g/mol. The van der Waals surface area contributed by atoms with E-state index < -0.39 is 6.36 Å². The van der Waals surface area contributed by atoms with Gasteiger partial charge >= 0.3 is 6.36 Å². The molecule has 1 aromatic carbocycles. The molecule has 4 heteroatoms. The highest BCUT2D eigenvalue weighted by atomic mass is 19.4. The molecule has 0 spiro atoms. The number of alkyl halides is 3. The van der Waals surface area contributed by atoms with Crippen molar-refractivity contribution in [3.05, 3.63) is 29.8 Å². The fourth-order valence-corrected chi connectivity index (χ4v) is 1.48. The minimum absolute atomic E-state index is 0.151. The summed E-state index contributed by atoms with van der Waals surface area (Å²) in [5.41, 5.74) is 1.08. The van der Waals surface area contributed by atoms with E-state index in [1.54, 1.807) is 12.1 Å². The predicted octanol–water partition coefficient (Wildman–Crippen LogP) is 3.54. The van der Waals surface area contributed by atoms with Crippen molar-refractivity contribution in [2.75, 3.05) is 0 Å². The molecule has 0 aliphatic heterocycles. The number of benzene rings is 1. The van der Waals surface area contributed by atoms with Gasteiger partial charge < -0.3 is 4.74 Å².